The van der Waals surface area contributed by atoms with Crippen LogP contribution in [0, 0.1) is 5.41 Å². The first-order chi connectivity index (χ1) is 16.3. The number of nitrogens with zero attached hydrogens (tertiary/aromatic N) is 4. The van der Waals surface area contributed by atoms with Crippen molar-refractivity contribution in [3.63, 3.8) is 0 Å². The number of aromatic nitrogens is 3. The first kappa shape index (κ1) is 22.5. The van der Waals surface area contributed by atoms with E-state index in [-0.39, 0.29) is 23.2 Å². The highest BCUT2D eigenvalue weighted by atomic mass is 16.5. The van der Waals surface area contributed by atoms with E-state index in [1.807, 2.05) is 36.4 Å². The third kappa shape index (κ3) is 4.28. The number of Topliss-reactive ketones (excluding diaryl/α,β-unsaturated/α-hetero) is 1. The maximum atomic E-state index is 13.1. The Morgan fingerprint density at radius 2 is 1.97 bits per heavy atom. The Kier molecular flexibility index (Phi) is 5.81. The van der Waals surface area contributed by atoms with Gasteiger partial charge >= 0.3 is 0 Å². The van der Waals surface area contributed by atoms with Crippen molar-refractivity contribution in [1.82, 2.24) is 19.7 Å². The Hall–Kier alpha value is -3.32. The molecule has 1 aliphatic heterocycles. The summed E-state index contributed by atoms with van der Waals surface area (Å²) >= 11 is 0. The molecule has 3 aromatic rings. The molecule has 1 aromatic carbocycles. The van der Waals surface area contributed by atoms with Gasteiger partial charge in [0, 0.05) is 32.8 Å². The molecule has 1 unspecified atom stereocenters. The van der Waals surface area contributed by atoms with Gasteiger partial charge in [-0.25, -0.2) is 9.67 Å². The molecule has 34 heavy (non-hydrogen) atoms. The molecule has 3 heterocycles. The molecule has 0 radical (unpaired) electrons. The number of carbonyl (C=O) groups excluding carboxylic acids is 2. The lowest BCUT2D eigenvalue weighted by Gasteiger charge is -2.29. The number of hydrogen-bond donors (Lipinski definition) is 0. The molecule has 1 fully saturated rings. The summed E-state index contributed by atoms with van der Waals surface area (Å²) in [6.07, 6.45) is 4.52. The van der Waals surface area contributed by atoms with Crippen LogP contribution in [0.1, 0.15) is 76.9 Å². The highest BCUT2D eigenvalue weighted by Crippen LogP contribution is 2.40. The van der Waals surface area contributed by atoms with Crippen LogP contribution in [0.5, 0.6) is 0 Å². The number of ketones is 1. The molecule has 0 saturated carbocycles. The summed E-state index contributed by atoms with van der Waals surface area (Å²) in [4.78, 5) is 32.3. The fourth-order valence-corrected chi connectivity index (χ4v) is 4.97. The van der Waals surface area contributed by atoms with Gasteiger partial charge in [0.1, 0.15) is 11.8 Å². The maximum Gasteiger partial charge on any atom is 0.255 e. The predicted molar refractivity (Wildman–Crippen MR) is 128 cm³/mol. The van der Waals surface area contributed by atoms with Crippen molar-refractivity contribution >= 4 is 11.7 Å². The zero-order chi connectivity index (χ0) is 23.9. The lowest BCUT2D eigenvalue weighted by Crippen LogP contribution is -2.28. The smallest absolute Gasteiger partial charge is 0.255 e. The van der Waals surface area contributed by atoms with Gasteiger partial charge < -0.3 is 9.64 Å². The zero-order valence-corrected chi connectivity index (χ0v) is 20.0. The number of ether oxygens (including phenoxy) is 1. The molecule has 2 aromatic heterocycles. The topological polar surface area (TPSA) is 77.3 Å². The third-order valence-corrected chi connectivity index (χ3v) is 6.63. The second-order valence-electron chi connectivity index (χ2n) is 10.1. The predicted octanol–water partition coefficient (Wildman–Crippen LogP) is 4.55. The summed E-state index contributed by atoms with van der Waals surface area (Å²) in [6, 6.07) is 13.5. The van der Waals surface area contributed by atoms with Crippen molar-refractivity contribution < 1.29 is 14.3 Å². The molecule has 0 N–H and O–H groups in total. The second kappa shape index (κ2) is 8.80. The van der Waals surface area contributed by atoms with Crippen LogP contribution in [0.4, 0.5) is 0 Å². The summed E-state index contributed by atoms with van der Waals surface area (Å²) in [5, 5.41) is 4.84. The van der Waals surface area contributed by atoms with Gasteiger partial charge in [0.05, 0.1) is 16.8 Å². The molecule has 2 aliphatic rings. The Morgan fingerprint density at radius 3 is 2.65 bits per heavy atom. The molecule has 5 rings (SSSR count). The molecule has 1 saturated heterocycles. The highest BCUT2D eigenvalue weighted by Gasteiger charge is 2.39. The SMILES string of the molecule is CN(Cc1ccccc1)C(=O)c1ccc(-n2nc(C3CCCO3)c3c2CC(C)(C)CC3=O)nc1. The number of benzene rings is 1. The van der Waals surface area contributed by atoms with Gasteiger partial charge in [-0.15, -0.1) is 0 Å². The van der Waals surface area contributed by atoms with Crippen molar-refractivity contribution in [2.45, 2.75) is 52.2 Å². The minimum Gasteiger partial charge on any atom is -0.372 e. The summed E-state index contributed by atoms with van der Waals surface area (Å²) in [6.45, 7) is 5.43. The van der Waals surface area contributed by atoms with Crippen LogP contribution >= 0.6 is 0 Å². The fraction of sp³-hybridized carbons (Fsp3) is 0.407. The Balaban J connectivity index is 1.44. The molecule has 176 valence electrons. The first-order valence-corrected chi connectivity index (χ1v) is 11.8. The molecular formula is C27H30N4O3. The average Bonchev–Trinajstić information content (AvgIpc) is 3.47. The van der Waals surface area contributed by atoms with E-state index in [9.17, 15) is 9.59 Å². The van der Waals surface area contributed by atoms with Gasteiger partial charge in [-0.3, -0.25) is 9.59 Å². The van der Waals surface area contributed by atoms with Crippen LogP contribution in [-0.4, -0.2) is 45.0 Å². The van der Waals surface area contributed by atoms with Crippen LogP contribution in [0.15, 0.2) is 48.7 Å². The van der Waals surface area contributed by atoms with Crippen molar-refractivity contribution in [3.8, 4) is 5.82 Å². The van der Waals surface area contributed by atoms with Crippen LogP contribution in [0.3, 0.4) is 0 Å². The van der Waals surface area contributed by atoms with Crippen LogP contribution in [0.25, 0.3) is 5.82 Å². The van der Waals surface area contributed by atoms with Gasteiger partial charge in [0.2, 0.25) is 0 Å². The van der Waals surface area contributed by atoms with E-state index in [2.05, 4.69) is 18.8 Å². The zero-order valence-electron chi connectivity index (χ0n) is 20.0. The van der Waals surface area contributed by atoms with Crippen LogP contribution in [0.2, 0.25) is 0 Å². The monoisotopic (exact) mass is 458 g/mol. The molecule has 0 bridgehead atoms. The van der Waals surface area contributed by atoms with E-state index in [1.54, 1.807) is 28.9 Å². The summed E-state index contributed by atoms with van der Waals surface area (Å²) < 4.78 is 7.67. The van der Waals surface area contributed by atoms with Gasteiger partial charge in [0.25, 0.3) is 5.91 Å². The highest BCUT2D eigenvalue weighted by molar-refractivity contribution is 6.00. The summed E-state index contributed by atoms with van der Waals surface area (Å²) in [5.41, 5.74) is 3.76. The number of hydrogen-bond acceptors (Lipinski definition) is 5. The lowest BCUT2D eigenvalue weighted by molar-refractivity contribution is 0.0784. The quantitative estimate of drug-likeness (QED) is 0.561. The molecular weight excluding hydrogens is 428 g/mol. The minimum atomic E-state index is -0.147. The fourth-order valence-electron chi connectivity index (χ4n) is 4.97. The van der Waals surface area contributed by atoms with Crippen molar-refractivity contribution in [3.05, 3.63) is 76.7 Å². The minimum absolute atomic E-state index is 0.0956. The van der Waals surface area contributed by atoms with E-state index in [0.717, 1.165) is 36.2 Å². The van der Waals surface area contributed by atoms with Crippen molar-refractivity contribution in [2.75, 3.05) is 13.7 Å². The van der Waals surface area contributed by atoms with Gasteiger partial charge in [-0.05, 0) is 42.4 Å². The van der Waals surface area contributed by atoms with E-state index in [4.69, 9.17) is 9.84 Å². The lowest BCUT2D eigenvalue weighted by atomic mass is 9.75. The number of fused-ring (bicyclic) bond motifs is 1. The molecule has 0 spiro atoms. The maximum absolute atomic E-state index is 13.1. The van der Waals surface area contributed by atoms with Crippen molar-refractivity contribution in [2.24, 2.45) is 5.41 Å². The largest absolute Gasteiger partial charge is 0.372 e. The third-order valence-electron chi connectivity index (χ3n) is 6.63. The van der Waals surface area contributed by atoms with Crippen molar-refractivity contribution in [1.29, 1.82) is 0 Å². The van der Waals surface area contributed by atoms with E-state index < -0.39 is 0 Å². The Labute approximate surface area is 199 Å². The first-order valence-electron chi connectivity index (χ1n) is 11.8. The molecule has 1 amide bonds. The van der Waals surface area contributed by atoms with Gasteiger partial charge in [-0.1, -0.05) is 44.2 Å². The van der Waals surface area contributed by atoms with Gasteiger partial charge in [0.15, 0.2) is 11.6 Å². The molecule has 7 heteroatoms. The normalized spacial score (nSPS) is 19.1. The van der Waals surface area contributed by atoms with E-state index in [0.29, 0.717) is 36.5 Å². The number of amides is 1. The molecule has 7 nitrogen and oxygen atoms in total. The summed E-state index contributed by atoms with van der Waals surface area (Å²) in [5.74, 6) is 0.632. The Morgan fingerprint density at radius 1 is 1.18 bits per heavy atom. The average molecular weight is 459 g/mol. The Bertz CT molecular complexity index is 1210. The summed E-state index contributed by atoms with van der Waals surface area (Å²) in [7, 11) is 1.79. The van der Waals surface area contributed by atoms with E-state index >= 15 is 0 Å². The van der Waals surface area contributed by atoms with Crippen LogP contribution in [-0.2, 0) is 17.7 Å². The number of pyridine rings is 1. The molecule has 1 atom stereocenters. The van der Waals surface area contributed by atoms with E-state index in [1.165, 1.54) is 0 Å². The number of rotatable bonds is 5. The van der Waals surface area contributed by atoms with Gasteiger partial charge in [-0.2, -0.15) is 5.10 Å². The molecule has 1 aliphatic carbocycles. The second-order valence-corrected chi connectivity index (χ2v) is 10.1. The number of carbonyl (C=O) groups is 2. The van der Waals surface area contributed by atoms with Crippen LogP contribution < -0.4 is 0 Å². The standard InChI is InChI=1S/C27H30N4O3/c1-27(2)14-20-24(21(32)15-27)25(22-10-7-13-34-22)29-31(20)23-12-11-19(16-28-23)26(33)30(3)17-18-8-5-4-6-9-18/h4-6,8-9,11-12,16,22H,7,10,13-15,17H2,1-3H3.